The van der Waals surface area contributed by atoms with Crippen LogP contribution < -0.4 is 0 Å². The second-order valence-electron chi connectivity index (χ2n) is 4.13. The van der Waals surface area contributed by atoms with Crippen molar-refractivity contribution < 1.29 is 0 Å². The molecular weight excluding hydrogens is 140 g/mol. The topological polar surface area (TPSA) is 0 Å². The second-order valence-corrected chi connectivity index (χ2v) is 5.34. The summed E-state index contributed by atoms with van der Waals surface area (Å²) < 4.78 is 0. The molecule has 0 amide bonds. The minimum Gasteiger partial charge on any atom is -0.131 e. The molecule has 0 aromatic rings. The maximum atomic E-state index is 2.31. The zero-order valence-corrected chi connectivity index (χ0v) is 7.87. The summed E-state index contributed by atoms with van der Waals surface area (Å²) in [5.41, 5.74) is 0.504. The zero-order chi connectivity index (χ0) is 7.61. The van der Waals surface area contributed by atoms with Gasteiger partial charge in [-0.05, 0) is 23.7 Å². The first-order valence-electron chi connectivity index (χ1n) is 3.88. The molecule has 0 N–H and O–H groups in total. The molecule has 0 nitrogen and oxygen atoms in total. The highest BCUT2D eigenvalue weighted by Crippen LogP contribution is 2.33. The van der Waals surface area contributed by atoms with E-state index in [9.17, 15) is 0 Å². The molecule has 0 radical (unpaired) electrons. The number of hydrogen-bond acceptors (Lipinski definition) is 1. The Kier molecular flexibility index (Phi) is 2.45. The highest BCUT2D eigenvalue weighted by molar-refractivity contribution is 8.03. The molecule has 1 heterocycles. The van der Waals surface area contributed by atoms with Gasteiger partial charge in [0, 0.05) is 5.25 Å². The van der Waals surface area contributed by atoms with Gasteiger partial charge in [0.2, 0.25) is 0 Å². The van der Waals surface area contributed by atoms with Gasteiger partial charge in [-0.15, -0.1) is 11.8 Å². The SMILES string of the molecule is CC(C)(C)CC1CC=CS1. The number of hydrogen-bond donors (Lipinski definition) is 0. The van der Waals surface area contributed by atoms with E-state index in [2.05, 4.69) is 32.3 Å². The Morgan fingerprint density at radius 1 is 1.50 bits per heavy atom. The average molecular weight is 156 g/mol. The second kappa shape index (κ2) is 3.00. The Hall–Kier alpha value is 0.0900. The van der Waals surface area contributed by atoms with E-state index in [4.69, 9.17) is 0 Å². The lowest BCUT2D eigenvalue weighted by atomic mass is 9.90. The Labute approximate surface area is 68.1 Å². The highest BCUT2D eigenvalue weighted by Gasteiger charge is 2.19. The van der Waals surface area contributed by atoms with Crippen LogP contribution in [0.4, 0.5) is 0 Å². The lowest BCUT2D eigenvalue weighted by molar-refractivity contribution is 0.374. The Morgan fingerprint density at radius 2 is 2.20 bits per heavy atom. The molecule has 0 aromatic carbocycles. The van der Waals surface area contributed by atoms with Crippen LogP contribution in [0.2, 0.25) is 0 Å². The smallest absolute Gasteiger partial charge is 0.0128 e. The van der Waals surface area contributed by atoms with Crippen LogP contribution in [-0.4, -0.2) is 5.25 Å². The lowest BCUT2D eigenvalue weighted by Crippen LogP contribution is -2.12. The molecule has 0 fully saturated rings. The summed E-state index contributed by atoms with van der Waals surface area (Å²) >= 11 is 1.99. The summed E-state index contributed by atoms with van der Waals surface area (Å²) in [4.78, 5) is 0. The quantitative estimate of drug-likeness (QED) is 0.560. The van der Waals surface area contributed by atoms with Gasteiger partial charge in [0.1, 0.15) is 0 Å². The number of thioether (sulfide) groups is 1. The van der Waals surface area contributed by atoms with Crippen LogP contribution in [0.5, 0.6) is 0 Å². The molecule has 10 heavy (non-hydrogen) atoms. The minimum atomic E-state index is 0.504. The third-order valence-electron chi connectivity index (χ3n) is 1.61. The molecule has 0 spiro atoms. The van der Waals surface area contributed by atoms with Crippen LogP contribution in [0.15, 0.2) is 11.5 Å². The summed E-state index contributed by atoms with van der Waals surface area (Å²) in [6.07, 6.45) is 4.90. The van der Waals surface area contributed by atoms with E-state index in [0.29, 0.717) is 5.41 Å². The molecule has 1 rings (SSSR count). The van der Waals surface area contributed by atoms with Gasteiger partial charge in [0.05, 0.1) is 0 Å². The van der Waals surface area contributed by atoms with Gasteiger partial charge in [-0.3, -0.25) is 0 Å². The van der Waals surface area contributed by atoms with Gasteiger partial charge in [-0.25, -0.2) is 0 Å². The van der Waals surface area contributed by atoms with Crippen molar-refractivity contribution in [2.45, 2.75) is 38.9 Å². The van der Waals surface area contributed by atoms with Crippen molar-refractivity contribution in [1.29, 1.82) is 0 Å². The lowest BCUT2D eigenvalue weighted by Gasteiger charge is -2.21. The van der Waals surface area contributed by atoms with E-state index >= 15 is 0 Å². The Balaban J connectivity index is 2.26. The van der Waals surface area contributed by atoms with Crippen LogP contribution in [0.1, 0.15) is 33.6 Å². The highest BCUT2D eigenvalue weighted by atomic mass is 32.2. The molecule has 1 heteroatoms. The Morgan fingerprint density at radius 3 is 2.60 bits per heavy atom. The zero-order valence-electron chi connectivity index (χ0n) is 7.05. The molecule has 1 aliphatic rings. The van der Waals surface area contributed by atoms with Crippen molar-refractivity contribution >= 4 is 11.8 Å². The average Bonchev–Trinajstić information content (AvgIpc) is 2.12. The molecule has 0 aromatic heterocycles. The van der Waals surface area contributed by atoms with Crippen LogP contribution in [0, 0.1) is 5.41 Å². The fraction of sp³-hybridized carbons (Fsp3) is 0.778. The van der Waals surface area contributed by atoms with E-state index in [0.717, 1.165) is 5.25 Å². The van der Waals surface area contributed by atoms with Crippen molar-refractivity contribution in [3.8, 4) is 0 Å². The summed E-state index contributed by atoms with van der Waals surface area (Å²) in [6, 6.07) is 0. The third kappa shape index (κ3) is 2.78. The van der Waals surface area contributed by atoms with Gasteiger partial charge in [0.15, 0.2) is 0 Å². The van der Waals surface area contributed by atoms with Gasteiger partial charge in [-0.2, -0.15) is 0 Å². The van der Waals surface area contributed by atoms with E-state index in [1.54, 1.807) is 0 Å². The fourth-order valence-electron chi connectivity index (χ4n) is 1.24. The molecule has 0 aliphatic carbocycles. The monoisotopic (exact) mass is 156 g/mol. The van der Waals surface area contributed by atoms with Gasteiger partial charge < -0.3 is 0 Å². The van der Waals surface area contributed by atoms with E-state index in [1.807, 2.05) is 11.8 Å². The molecule has 0 saturated carbocycles. The Bertz CT molecular complexity index is 122. The van der Waals surface area contributed by atoms with Crippen molar-refractivity contribution in [2.75, 3.05) is 0 Å². The molecule has 0 bridgehead atoms. The summed E-state index contributed by atoms with van der Waals surface area (Å²) in [6.45, 7) is 6.93. The first-order chi connectivity index (χ1) is 4.58. The van der Waals surface area contributed by atoms with E-state index in [1.165, 1.54) is 12.8 Å². The van der Waals surface area contributed by atoms with Crippen LogP contribution in [-0.2, 0) is 0 Å². The molecule has 0 saturated heterocycles. The van der Waals surface area contributed by atoms with Crippen LogP contribution in [0.3, 0.4) is 0 Å². The first kappa shape index (κ1) is 8.19. The third-order valence-corrected chi connectivity index (χ3v) is 2.70. The van der Waals surface area contributed by atoms with Gasteiger partial charge in [0.25, 0.3) is 0 Å². The minimum absolute atomic E-state index is 0.504. The largest absolute Gasteiger partial charge is 0.131 e. The number of rotatable bonds is 1. The van der Waals surface area contributed by atoms with Crippen LogP contribution >= 0.6 is 11.8 Å². The molecule has 58 valence electrons. The van der Waals surface area contributed by atoms with E-state index in [-0.39, 0.29) is 0 Å². The van der Waals surface area contributed by atoms with Crippen molar-refractivity contribution in [2.24, 2.45) is 5.41 Å². The van der Waals surface area contributed by atoms with Crippen LogP contribution in [0.25, 0.3) is 0 Å². The van der Waals surface area contributed by atoms with E-state index < -0.39 is 0 Å². The van der Waals surface area contributed by atoms with Crippen molar-refractivity contribution in [1.82, 2.24) is 0 Å². The molecular formula is C9H16S. The normalized spacial score (nSPS) is 25.7. The first-order valence-corrected chi connectivity index (χ1v) is 4.83. The maximum Gasteiger partial charge on any atom is 0.0128 e. The van der Waals surface area contributed by atoms with Gasteiger partial charge in [-0.1, -0.05) is 26.8 Å². The summed E-state index contributed by atoms with van der Waals surface area (Å²) in [5.74, 6) is 0. The maximum absolute atomic E-state index is 2.31. The summed E-state index contributed by atoms with van der Waals surface area (Å²) in [7, 11) is 0. The van der Waals surface area contributed by atoms with Crippen molar-refractivity contribution in [3.05, 3.63) is 11.5 Å². The fourth-order valence-corrected chi connectivity index (χ4v) is 2.51. The summed E-state index contributed by atoms with van der Waals surface area (Å²) in [5, 5.41) is 3.09. The predicted molar refractivity (Wildman–Crippen MR) is 49.2 cm³/mol. The molecule has 1 atom stereocenters. The van der Waals surface area contributed by atoms with Crippen molar-refractivity contribution in [3.63, 3.8) is 0 Å². The predicted octanol–water partition coefficient (Wildman–Crippen LogP) is 3.44. The molecule has 1 unspecified atom stereocenters. The standard InChI is InChI=1S/C9H16S/c1-9(2,3)7-8-5-4-6-10-8/h4,6,8H,5,7H2,1-3H3. The number of allylic oxidation sites excluding steroid dienone is 1. The van der Waals surface area contributed by atoms with Gasteiger partial charge >= 0.3 is 0 Å². The molecule has 1 aliphatic heterocycles.